The van der Waals surface area contributed by atoms with Crippen LogP contribution >= 0.6 is 0 Å². The van der Waals surface area contributed by atoms with E-state index in [1.165, 1.54) is 25.3 Å². The van der Waals surface area contributed by atoms with Gasteiger partial charge >= 0.3 is 0 Å². The van der Waals surface area contributed by atoms with Crippen LogP contribution in [0.4, 0.5) is 10.2 Å². The SMILES string of the molecule is COc1ccc(F)cc1C(=O)N1CCOC(CCc2ccnc(N)c2)C1. The van der Waals surface area contributed by atoms with Crippen molar-refractivity contribution in [2.75, 3.05) is 32.5 Å². The van der Waals surface area contributed by atoms with E-state index in [1.807, 2.05) is 12.1 Å². The molecule has 7 heteroatoms. The van der Waals surface area contributed by atoms with Gasteiger partial charge in [0.15, 0.2) is 0 Å². The van der Waals surface area contributed by atoms with Gasteiger partial charge in [0.1, 0.15) is 17.4 Å². The molecule has 1 aromatic carbocycles. The summed E-state index contributed by atoms with van der Waals surface area (Å²) in [4.78, 5) is 18.5. The number of amides is 1. The third kappa shape index (κ3) is 4.29. The smallest absolute Gasteiger partial charge is 0.257 e. The van der Waals surface area contributed by atoms with Gasteiger partial charge in [-0.3, -0.25) is 4.79 Å². The number of nitrogen functional groups attached to an aromatic ring is 1. The topological polar surface area (TPSA) is 77.7 Å². The predicted octanol–water partition coefficient (Wildman–Crippen LogP) is 2.29. The molecule has 6 nitrogen and oxygen atoms in total. The number of hydrogen-bond donors (Lipinski definition) is 1. The molecule has 1 fully saturated rings. The summed E-state index contributed by atoms with van der Waals surface area (Å²) in [6.07, 6.45) is 3.14. The molecule has 26 heavy (non-hydrogen) atoms. The highest BCUT2D eigenvalue weighted by molar-refractivity contribution is 5.97. The minimum Gasteiger partial charge on any atom is -0.496 e. The molecule has 2 aromatic rings. The Morgan fingerprint density at radius 1 is 1.42 bits per heavy atom. The lowest BCUT2D eigenvalue weighted by molar-refractivity contribution is -0.0247. The predicted molar refractivity (Wildman–Crippen MR) is 95.6 cm³/mol. The van der Waals surface area contributed by atoms with E-state index in [4.69, 9.17) is 15.2 Å². The fourth-order valence-electron chi connectivity index (χ4n) is 3.07. The highest BCUT2D eigenvalue weighted by Gasteiger charge is 2.27. The number of hydrogen-bond acceptors (Lipinski definition) is 5. The zero-order valence-corrected chi connectivity index (χ0v) is 14.7. The van der Waals surface area contributed by atoms with Crippen LogP contribution in [0.25, 0.3) is 0 Å². The Morgan fingerprint density at radius 2 is 2.27 bits per heavy atom. The highest BCUT2D eigenvalue weighted by Crippen LogP contribution is 2.23. The van der Waals surface area contributed by atoms with Gasteiger partial charge in [0, 0.05) is 19.3 Å². The van der Waals surface area contributed by atoms with Crippen molar-refractivity contribution < 1.29 is 18.7 Å². The van der Waals surface area contributed by atoms with Crippen molar-refractivity contribution in [3.05, 3.63) is 53.5 Å². The zero-order chi connectivity index (χ0) is 18.5. The van der Waals surface area contributed by atoms with Crippen molar-refractivity contribution in [3.63, 3.8) is 0 Å². The average Bonchev–Trinajstić information content (AvgIpc) is 2.66. The van der Waals surface area contributed by atoms with E-state index in [9.17, 15) is 9.18 Å². The van der Waals surface area contributed by atoms with Gasteiger partial charge in [-0.2, -0.15) is 0 Å². The molecule has 0 aliphatic carbocycles. The van der Waals surface area contributed by atoms with E-state index in [0.29, 0.717) is 31.3 Å². The van der Waals surface area contributed by atoms with E-state index >= 15 is 0 Å². The normalized spacial score (nSPS) is 17.2. The number of ether oxygens (including phenoxy) is 2. The zero-order valence-electron chi connectivity index (χ0n) is 14.7. The Bertz CT molecular complexity index is 784. The molecular formula is C19H22FN3O3. The molecule has 2 heterocycles. The molecule has 1 amide bonds. The maximum atomic E-state index is 13.6. The van der Waals surface area contributed by atoms with Crippen molar-refractivity contribution in [1.82, 2.24) is 9.88 Å². The Balaban J connectivity index is 1.64. The van der Waals surface area contributed by atoms with Crippen LogP contribution in [0.5, 0.6) is 5.75 Å². The van der Waals surface area contributed by atoms with Crippen LogP contribution in [-0.4, -0.2) is 48.7 Å². The molecule has 1 aliphatic rings. The Morgan fingerprint density at radius 3 is 3.04 bits per heavy atom. The lowest BCUT2D eigenvalue weighted by Gasteiger charge is -2.33. The Kier molecular flexibility index (Phi) is 5.68. The van der Waals surface area contributed by atoms with Crippen molar-refractivity contribution in [2.24, 2.45) is 0 Å². The van der Waals surface area contributed by atoms with E-state index in [-0.39, 0.29) is 17.6 Å². The summed E-state index contributed by atoms with van der Waals surface area (Å²) in [6, 6.07) is 7.71. The number of halogens is 1. The monoisotopic (exact) mass is 359 g/mol. The number of nitrogens with two attached hydrogens (primary N) is 1. The highest BCUT2D eigenvalue weighted by atomic mass is 19.1. The fourth-order valence-corrected chi connectivity index (χ4v) is 3.07. The third-order valence-electron chi connectivity index (χ3n) is 4.42. The van der Waals surface area contributed by atoms with E-state index in [2.05, 4.69) is 4.98 Å². The van der Waals surface area contributed by atoms with Crippen LogP contribution in [0.15, 0.2) is 36.5 Å². The van der Waals surface area contributed by atoms with Crippen molar-refractivity contribution in [1.29, 1.82) is 0 Å². The first-order valence-corrected chi connectivity index (χ1v) is 8.51. The number of nitrogens with zero attached hydrogens (tertiary/aromatic N) is 2. The van der Waals surface area contributed by atoms with E-state index in [0.717, 1.165) is 18.4 Å². The summed E-state index contributed by atoms with van der Waals surface area (Å²) >= 11 is 0. The summed E-state index contributed by atoms with van der Waals surface area (Å²) in [7, 11) is 1.46. The Labute approximate surface area is 151 Å². The van der Waals surface area contributed by atoms with Crippen LogP contribution in [0.2, 0.25) is 0 Å². The molecule has 1 aliphatic heterocycles. The molecule has 0 radical (unpaired) electrons. The van der Waals surface area contributed by atoms with Gasteiger partial charge in [0.25, 0.3) is 5.91 Å². The maximum absolute atomic E-state index is 13.6. The number of methoxy groups -OCH3 is 1. The van der Waals surface area contributed by atoms with Crippen LogP contribution in [-0.2, 0) is 11.2 Å². The van der Waals surface area contributed by atoms with Crippen LogP contribution in [0, 0.1) is 5.82 Å². The number of aryl methyl sites for hydroxylation is 1. The van der Waals surface area contributed by atoms with Gasteiger partial charge in [-0.05, 0) is 48.7 Å². The van der Waals surface area contributed by atoms with Crippen LogP contribution < -0.4 is 10.5 Å². The summed E-state index contributed by atoms with van der Waals surface area (Å²) in [5, 5.41) is 0. The molecule has 0 spiro atoms. The molecule has 1 unspecified atom stereocenters. The van der Waals surface area contributed by atoms with Gasteiger partial charge in [-0.25, -0.2) is 9.37 Å². The molecule has 1 atom stereocenters. The van der Waals surface area contributed by atoms with Crippen molar-refractivity contribution in [3.8, 4) is 5.75 Å². The largest absolute Gasteiger partial charge is 0.496 e. The molecule has 0 bridgehead atoms. The number of rotatable bonds is 5. The summed E-state index contributed by atoms with van der Waals surface area (Å²) in [6.45, 7) is 1.38. The standard InChI is InChI=1S/C19H22FN3O3/c1-25-17-5-3-14(20)11-16(17)19(24)23-8-9-26-15(12-23)4-2-13-6-7-22-18(21)10-13/h3,5-7,10-11,15H,2,4,8-9,12H2,1H3,(H2,21,22). The number of pyridine rings is 1. The summed E-state index contributed by atoms with van der Waals surface area (Å²) < 4.78 is 24.5. The van der Waals surface area contributed by atoms with Gasteiger partial charge in [0.05, 0.1) is 25.4 Å². The molecule has 1 saturated heterocycles. The molecule has 2 N–H and O–H groups in total. The van der Waals surface area contributed by atoms with Crippen LogP contribution in [0.3, 0.4) is 0 Å². The minimum absolute atomic E-state index is 0.0818. The second-order valence-corrected chi connectivity index (χ2v) is 6.22. The molecule has 3 rings (SSSR count). The second-order valence-electron chi connectivity index (χ2n) is 6.22. The minimum atomic E-state index is -0.464. The maximum Gasteiger partial charge on any atom is 0.257 e. The second kappa shape index (κ2) is 8.14. The number of morpholine rings is 1. The average molecular weight is 359 g/mol. The van der Waals surface area contributed by atoms with Crippen molar-refractivity contribution >= 4 is 11.7 Å². The lowest BCUT2D eigenvalue weighted by Crippen LogP contribution is -2.45. The lowest BCUT2D eigenvalue weighted by atomic mass is 10.1. The summed E-state index contributed by atoms with van der Waals surface area (Å²) in [5.41, 5.74) is 7.01. The van der Waals surface area contributed by atoms with Crippen LogP contribution in [0.1, 0.15) is 22.3 Å². The van der Waals surface area contributed by atoms with Crippen molar-refractivity contribution in [2.45, 2.75) is 18.9 Å². The first-order chi connectivity index (χ1) is 12.6. The number of aromatic nitrogens is 1. The van der Waals surface area contributed by atoms with E-state index < -0.39 is 5.82 Å². The Hall–Kier alpha value is -2.67. The quantitative estimate of drug-likeness (QED) is 0.886. The fraction of sp³-hybridized carbons (Fsp3) is 0.368. The van der Waals surface area contributed by atoms with Gasteiger partial charge in [-0.15, -0.1) is 0 Å². The first kappa shape index (κ1) is 18.1. The third-order valence-corrected chi connectivity index (χ3v) is 4.42. The molecule has 0 saturated carbocycles. The molecule has 1 aromatic heterocycles. The van der Waals surface area contributed by atoms with Gasteiger partial charge < -0.3 is 20.1 Å². The van der Waals surface area contributed by atoms with E-state index in [1.54, 1.807) is 11.1 Å². The van der Waals surface area contributed by atoms with Gasteiger partial charge in [-0.1, -0.05) is 0 Å². The number of carbonyl (C=O) groups excluding carboxylic acids is 1. The molecule has 138 valence electrons. The number of benzene rings is 1. The number of carbonyl (C=O) groups is 1. The van der Waals surface area contributed by atoms with Gasteiger partial charge in [0.2, 0.25) is 0 Å². The first-order valence-electron chi connectivity index (χ1n) is 8.51. The molecular weight excluding hydrogens is 337 g/mol. The summed E-state index contributed by atoms with van der Waals surface area (Å²) in [5.74, 6) is 0.144. The number of anilines is 1.